The van der Waals surface area contributed by atoms with Crippen LogP contribution in [-0.2, 0) is 26.3 Å². The Morgan fingerprint density at radius 2 is 1.81 bits per heavy atom. The summed E-state index contributed by atoms with van der Waals surface area (Å²) in [4.78, 5) is 4.01. The van der Waals surface area contributed by atoms with Crippen molar-refractivity contribution in [2.75, 3.05) is 14.2 Å². The standard InChI is InChI=1S/C16H20F3N5O.HI/c1-20-15(21-8-11-4-6-13(25-3)7-5-11)22-9-12-10-24(2)23-14(12)16(17,18)19;/h4-7,10H,8-9H2,1-3H3,(H2,20,21,22);1H. The quantitative estimate of drug-likeness (QED) is 0.390. The first-order valence-corrected chi connectivity index (χ1v) is 7.50. The van der Waals surface area contributed by atoms with Crippen molar-refractivity contribution in [2.45, 2.75) is 19.3 Å². The molecule has 0 aliphatic rings. The molecule has 1 aromatic heterocycles. The number of aliphatic imine (C=N–C) groups is 1. The molecule has 0 aliphatic carbocycles. The second-order valence-electron chi connectivity index (χ2n) is 5.30. The normalized spacial score (nSPS) is 11.7. The van der Waals surface area contributed by atoms with Gasteiger partial charge in [-0.1, -0.05) is 12.1 Å². The van der Waals surface area contributed by atoms with Crippen molar-refractivity contribution in [3.8, 4) is 5.75 Å². The maximum absolute atomic E-state index is 12.9. The molecule has 2 N–H and O–H groups in total. The van der Waals surface area contributed by atoms with Gasteiger partial charge in [0.05, 0.1) is 7.11 Å². The number of nitrogens with zero attached hydrogens (tertiary/aromatic N) is 3. The molecule has 6 nitrogen and oxygen atoms in total. The van der Waals surface area contributed by atoms with Crippen LogP contribution in [0.25, 0.3) is 0 Å². The van der Waals surface area contributed by atoms with Gasteiger partial charge in [0.1, 0.15) is 5.75 Å². The van der Waals surface area contributed by atoms with Crippen molar-refractivity contribution in [3.05, 3.63) is 47.3 Å². The first-order chi connectivity index (χ1) is 11.8. The summed E-state index contributed by atoms with van der Waals surface area (Å²) >= 11 is 0. The molecule has 0 saturated carbocycles. The Morgan fingerprint density at radius 3 is 2.35 bits per heavy atom. The lowest BCUT2D eigenvalue weighted by molar-refractivity contribution is -0.142. The number of aromatic nitrogens is 2. The second-order valence-corrected chi connectivity index (χ2v) is 5.30. The van der Waals surface area contributed by atoms with Gasteiger partial charge >= 0.3 is 6.18 Å². The minimum Gasteiger partial charge on any atom is -0.497 e. The Bertz CT molecular complexity index is 728. The Hall–Kier alpha value is -1.98. The highest BCUT2D eigenvalue weighted by Crippen LogP contribution is 2.30. The van der Waals surface area contributed by atoms with Gasteiger partial charge in [0.15, 0.2) is 11.7 Å². The van der Waals surface area contributed by atoms with Gasteiger partial charge in [-0.15, -0.1) is 24.0 Å². The first kappa shape index (κ1) is 22.1. The molecule has 144 valence electrons. The number of hydrogen-bond donors (Lipinski definition) is 2. The van der Waals surface area contributed by atoms with Crippen molar-refractivity contribution < 1.29 is 17.9 Å². The van der Waals surface area contributed by atoms with Gasteiger partial charge in [-0.25, -0.2) is 0 Å². The number of nitrogens with one attached hydrogen (secondary N) is 2. The van der Waals surface area contributed by atoms with Crippen molar-refractivity contribution in [1.82, 2.24) is 20.4 Å². The molecule has 1 aromatic carbocycles. The van der Waals surface area contributed by atoms with Crippen LogP contribution >= 0.6 is 24.0 Å². The van der Waals surface area contributed by atoms with Crippen molar-refractivity contribution in [3.63, 3.8) is 0 Å². The summed E-state index contributed by atoms with van der Waals surface area (Å²) in [5.74, 6) is 1.15. The van der Waals surface area contributed by atoms with Crippen molar-refractivity contribution >= 4 is 29.9 Å². The molecular weight excluding hydrogens is 462 g/mol. The van der Waals surface area contributed by atoms with E-state index < -0.39 is 11.9 Å². The van der Waals surface area contributed by atoms with Gasteiger partial charge in [0.25, 0.3) is 0 Å². The average Bonchev–Trinajstić information content (AvgIpc) is 2.96. The number of alkyl halides is 3. The summed E-state index contributed by atoms with van der Waals surface area (Å²) in [5, 5.41) is 9.39. The van der Waals surface area contributed by atoms with E-state index in [-0.39, 0.29) is 36.1 Å². The number of aryl methyl sites for hydroxylation is 1. The third-order valence-electron chi connectivity index (χ3n) is 3.46. The van der Waals surface area contributed by atoms with Crippen LogP contribution in [0.5, 0.6) is 5.75 Å². The zero-order valence-electron chi connectivity index (χ0n) is 14.6. The van der Waals surface area contributed by atoms with Gasteiger partial charge < -0.3 is 15.4 Å². The highest BCUT2D eigenvalue weighted by molar-refractivity contribution is 14.0. The van der Waals surface area contributed by atoms with Crippen LogP contribution in [0, 0.1) is 0 Å². The summed E-state index contributed by atoms with van der Waals surface area (Å²) in [6, 6.07) is 7.45. The van der Waals surface area contributed by atoms with Crippen LogP contribution in [-0.4, -0.2) is 29.9 Å². The number of ether oxygens (including phenoxy) is 1. The maximum Gasteiger partial charge on any atom is 0.435 e. The SMILES string of the molecule is CN=C(NCc1ccc(OC)cc1)NCc1cn(C)nc1C(F)(F)F.I. The molecule has 0 fully saturated rings. The smallest absolute Gasteiger partial charge is 0.435 e. The van der Waals surface area contributed by atoms with Crippen LogP contribution in [0.1, 0.15) is 16.8 Å². The lowest BCUT2D eigenvalue weighted by Gasteiger charge is -2.13. The topological polar surface area (TPSA) is 63.5 Å². The van der Waals surface area contributed by atoms with Crippen LogP contribution in [0.15, 0.2) is 35.5 Å². The number of guanidine groups is 1. The maximum atomic E-state index is 12.9. The Balaban J connectivity index is 0.00000338. The molecule has 0 unspecified atom stereocenters. The molecule has 0 atom stereocenters. The largest absolute Gasteiger partial charge is 0.497 e. The van der Waals surface area contributed by atoms with Crippen LogP contribution in [0.3, 0.4) is 0 Å². The average molecular weight is 483 g/mol. The van der Waals surface area contributed by atoms with Gasteiger partial charge in [0, 0.05) is 38.9 Å². The first-order valence-electron chi connectivity index (χ1n) is 7.50. The summed E-state index contributed by atoms with van der Waals surface area (Å²) in [5.41, 5.74) is 0.150. The minimum atomic E-state index is -4.49. The fraction of sp³-hybridized carbons (Fsp3) is 0.375. The monoisotopic (exact) mass is 483 g/mol. The van der Waals surface area contributed by atoms with E-state index >= 15 is 0 Å². The third kappa shape index (κ3) is 6.07. The molecule has 0 amide bonds. The summed E-state index contributed by atoms with van der Waals surface area (Å²) in [6.45, 7) is 0.438. The lowest BCUT2D eigenvalue weighted by atomic mass is 10.2. The molecule has 0 saturated heterocycles. The van der Waals surface area contributed by atoms with Crippen molar-refractivity contribution in [1.29, 1.82) is 0 Å². The molecule has 0 aliphatic heterocycles. The highest BCUT2D eigenvalue weighted by atomic mass is 127. The molecule has 1 heterocycles. The van der Waals surface area contributed by atoms with Crippen LogP contribution in [0.4, 0.5) is 13.2 Å². The number of benzene rings is 1. The number of halogens is 4. The molecule has 10 heteroatoms. The zero-order valence-corrected chi connectivity index (χ0v) is 16.9. The molecule has 26 heavy (non-hydrogen) atoms. The fourth-order valence-electron chi connectivity index (χ4n) is 2.23. The second kappa shape index (κ2) is 9.64. The Morgan fingerprint density at radius 1 is 1.19 bits per heavy atom. The van der Waals surface area contributed by atoms with E-state index in [9.17, 15) is 13.2 Å². The van der Waals surface area contributed by atoms with E-state index in [1.54, 1.807) is 14.2 Å². The van der Waals surface area contributed by atoms with Gasteiger partial charge in [-0.05, 0) is 17.7 Å². The predicted molar refractivity (Wildman–Crippen MR) is 104 cm³/mol. The summed E-state index contributed by atoms with van der Waals surface area (Å²) in [6.07, 6.45) is -3.15. The van der Waals surface area contributed by atoms with Crippen molar-refractivity contribution in [2.24, 2.45) is 12.0 Å². The van der Waals surface area contributed by atoms with E-state index in [0.717, 1.165) is 16.0 Å². The number of hydrogen-bond acceptors (Lipinski definition) is 3. The summed E-state index contributed by atoms with van der Waals surface area (Å²) < 4.78 is 45.1. The fourth-order valence-corrected chi connectivity index (χ4v) is 2.23. The Kier molecular flexibility index (Phi) is 8.18. The van der Waals surface area contributed by atoms with Gasteiger partial charge in [-0.2, -0.15) is 18.3 Å². The number of methoxy groups -OCH3 is 1. The van der Waals surface area contributed by atoms with E-state index in [1.165, 1.54) is 13.2 Å². The summed E-state index contributed by atoms with van der Waals surface area (Å²) in [7, 11) is 4.60. The minimum absolute atomic E-state index is 0. The van der Waals surface area contributed by atoms with Crippen LogP contribution in [0.2, 0.25) is 0 Å². The molecular formula is C16H21F3IN5O. The molecule has 2 rings (SSSR count). The third-order valence-corrected chi connectivity index (χ3v) is 3.46. The predicted octanol–water partition coefficient (Wildman–Crippen LogP) is 2.93. The molecule has 0 bridgehead atoms. The Labute approximate surface area is 166 Å². The molecule has 0 spiro atoms. The van der Waals surface area contributed by atoms with Crippen LogP contribution < -0.4 is 15.4 Å². The van der Waals surface area contributed by atoms with Gasteiger partial charge in [0.2, 0.25) is 0 Å². The van der Waals surface area contributed by atoms with E-state index in [2.05, 4.69) is 20.7 Å². The van der Waals surface area contributed by atoms with E-state index in [4.69, 9.17) is 4.74 Å². The highest BCUT2D eigenvalue weighted by Gasteiger charge is 2.36. The lowest BCUT2D eigenvalue weighted by Crippen LogP contribution is -2.36. The van der Waals surface area contributed by atoms with E-state index in [1.807, 2.05) is 24.3 Å². The number of rotatable bonds is 5. The molecule has 2 aromatic rings. The van der Waals surface area contributed by atoms with Gasteiger partial charge in [-0.3, -0.25) is 9.67 Å². The molecule has 0 radical (unpaired) electrons. The van der Waals surface area contributed by atoms with E-state index in [0.29, 0.717) is 12.5 Å². The zero-order chi connectivity index (χ0) is 18.4.